The summed E-state index contributed by atoms with van der Waals surface area (Å²) in [5, 5.41) is 0. The highest BCUT2D eigenvalue weighted by atomic mass is 16.2. The smallest absolute Gasteiger partial charge is 0.319 e. The van der Waals surface area contributed by atoms with E-state index < -0.39 is 0 Å². The van der Waals surface area contributed by atoms with E-state index in [4.69, 9.17) is 4.79 Å². The first-order valence-corrected chi connectivity index (χ1v) is 6.41. The molecule has 0 N–H and O–H groups in total. The van der Waals surface area contributed by atoms with Gasteiger partial charge in [0.15, 0.2) is 0 Å². The Kier molecular flexibility index (Phi) is 12.7. The molecule has 0 spiro atoms. The average Bonchev–Trinajstić information content (AvgIpc) is 2.60. The van der Waals surface area contributed by atoms with Crippen molar-refractivity contribution in [1.82, 2.24) is 19.6 Å². The summed E-state index contributed by atoms with van der Waals surface area (Å²) in [7, 11) is 12.0. The molecule has 2 amide bonds. The number of carbonyl (C=O) groups excluding carboxylic acids is 2. The van der Waals surface area contributed by atoms with Crippen molar-refractivity contribution in [2.45, 2.75) is 6.92 Å². The molecule has 1 saturated heterocycles. The maximum Gasteiger partial charge on any atom is 0.319 e. The van der Waals surface area contributed by atoms with Crippen molar-refractivity contribution in [3.63, 3.8) is 0 Å². The lowest BCUT2D eigenvalue weighted by Gasteiger charge is -2.13. The monoisotopic (exact) mass is 274 g/mol. The van der Waals surface area contributed by atoms with Gasteiger partial charge in [-0.05, 0) is 35.1 Å². The van der Waals surface area contributed by atoms with Gasteiger partial charge in [0, 0.05) is 40.3 Å². The van der Waals surface area contributed by atoms with Crippen LogP contribution in [0.4, 0.5) is 4.79 Å². The molecule has 1 heterocycles. The molecule has 0 aromatic carbocycles. The molecule has 1 fully saturated rings. The standard InChI is InChI=1S/C6H16N2.C5H10N2O.C2H4O/c1-7(2)5-6-8(3)4;1-6-3-4-7(2)5(6)8;1-2-3/h5-6H2,1-4H3;3-4H2,1-2H3;2H,1H3. The number of rotatable bonds is 3. The highest BCUT2D eigenvalue weighted by molar-refractivity contribution is 5.75. The summed E-state index contributed by atoms with van der Waals surface area (Å²) in [6, 6.07) is 0.130. The lowest BCUT2D eigenvalue weighted by molar-refractivity contribution is -0.106. The zero-order chi connectivity index (χ0) is 15.4. The third-order valence-corrected chi connectivity index (χ3v) is 2.42. The molecule has 19 heavy (non-hydrogen) atoms. The van der Waals surface area contributed by atoms with Gasteiger partial charge in [0.25, 0.3) is 0 Å². The Hall–Kier alpha value is -1.14. The summed E-state index contributed by atoms with van der Waals surface area (Å²) in [6.07, 6.45) is 0.750. The molecule has 6 nitrogen and oxygen atoms in total. The molecule has 6 heteroatoms. The van der Waals surface area contributed by atoms with Gasteiger partial charge in [0.1, 0.15) is 6.29 Å². The van der Waals surface area contributed by atoms with Crippen LogP contribution in [0.15, 0.2) is 0 Å². The van der Waals surface area contributed by atoms with Gasteiger partial charge in [-0.2, -0.15) is 0 Å². The summed E-state index contributed by atoms with van der Waals surface area (Å²) < 4.78 is 0. The molecule has 0 aliphatic carbocycles. The zero-order valence-corrected chi connectivity index (χ0v) is 13.5. The van der Waals surface area contributed by atoms with Crippen LogP contribution in [0.25, 0.3) is 0 Å². The molecule has 114 valence electrons. The van der Waals surface area contributed by atoms with E-state index >= 15 is 0 Å². The maximum absolute atomic E-state index is 10.8. The number of urea groups is 1. The molecule has 0 atom stereocenters. The minimum atomic E-state index is 0.130. The maximum atomic E-state index is 10.8. The van der Waals surface area contributed by atoms with Crippen molar-refractivity contribution in [3.05, 3.63) is 0 Å². The number of aldehydes is 1. The summed E-state index contributed by atoms with van der Waals surface area (Å²) in [5.74, 6) is 0. The third kappa shape index (κ3) is 13.1. The summed E-state index contributed by atoms with van der Waals surface area (Å²) in [6.45, 7) is 5.48. The van der Waals surface area contributed by atoms with Gasteiger partial charge < -0.3 is 24.4 Å². The first-order chi connectivity index (χ1) is 8.76. The Balaban J connectivity index is 0. The van der Waals surface area contributed by atoms with Gasteiger partial charge in [-0.1, -0.05) is 0 Å². The fourth-order valence-electron chi connectivity index (χ4n) is 1.18. The highest BCUT2D eigenvalue weighted by Gasteiger charge is 2.20. The Morgan fingerprint density at radius 2 is 1.26 bits per heavy atom. The van der Waals surface area contributed by atoms with Crippen molar-refractivity contribution >= 4 is 12.3 Å². The lowest BCUT2D eigenvalue weighted by atomic mass is 10.5. The Morgan fingerprint density at radius 1 is 1.00 bits per heavy atom. The SMILES string of the molecule is CC=O.CN(C)CCN(C)C.CN1CCN(C)C1=O. The molecular formula is C13H30N4O2. The minimum absolute atomic E-state index is 0.130. The number of hydrogen-bond donors (Lipinski definition) is 0. The number of nitrogens with zero attached hydrogens (tertiary/aromatic N) is 4. The normalized spacial score (nSPS) is 14.1. The summed E-state index contributed by atoms with van der Waals surface area (Å²) in [4.78, 5) is 27.3. The minimum Gasteiger partial charge on any atom is -0.326 e. The van der Waals surface area contributed by atoms with Crippen LogP contribution in [-0.4, -0.2) is 100 Å². The molecule has 0 aromatic heterocycles. The van der Waals surface area contributed by atoms with Crippen molar-refractivity contribution in [2.24, 2.45) is 0 Å². The molecule has 0 aromatic rings. The molecule has 1 aliphatic rings. The van der Waals surface area contributed by atoms with Gasteiger partial charge >= 0.3 is 6.03 Å². The molecule has 0 radical (unpaired) electrons. The van der Waals surface area contributed by atoms with Gasteiger partial charge in [-0.3, -0.25) is 0 Å². The lowest BCUT2D eigenvalue weighted by Crippen LogP contribution is -2.25. The molecule has 0 saturated carbocycles. The van der Waals surface area contributed by atoms with Crippen molar-refractivity contribution < 1.29 is 9.59 Å². The van der Waals surface area contributed by atoms with E-state index in [2.05, 4.69) is 38.0 Å². The average molecular weight is 274 g/mol. The van der Waals surface area contributed by atoms with Crippen LogP contribution in [-0.2, 0) is 4.79 Å². The van der Waals surface area contributed by atoms with Crippen LogP contribution in [0, 0.1) is 0 Å². The number of hydrogen-bond acceptors (Lipinski definition) is 4. The Bertz CT molecular complexity index is 225. The number of likely N-dealkylation sites (N-methyl/N-ethyl adjacent to an activating group) is 4. The summed E-state index contributed by atoms with van der Waals surface area (Å²) >= 11 is 0. The van der Waals surface area contributed by atoms with Crippen LogP contribution in [0.5, 0.6) is 0 Å². The number of amides is 2. The van der Waals surface area contributed by atoms with Gasteiger partial charge in [-0.15, -0.1) is 0 Å². The first kappa shape index (κ1) is 20.2. The van der Waals surface area contributed by atoms with Crippen molar-refractivity contribution in [1.29, 1.82) is 0 Å². The van der Waals surface area contributed by atoms with E-state index in [0.717, 1.165) is 32.5 Å². The summed E-state index contributed by atoms with van der Waals surface area (Å²) in [5.41, 5.74) is 0. The molecule has 1 aliphatic heterocycles. The predicted octanol–water partition coefficient (Wildman–Crippen LogP) is 0.298. The molecule has 1 rings (SSSR count). The Labute approximate surface area is 117 Å². The molecule has 0 unspecified atom stereocenters. The quantitative estimate of drug-likeness (QED) is 0.695. The Morgan fingerprint density at radius 3 is 1.37 bits per heavy atom. The van der Waals surface area contributed by atoms with E-state index in [0.29, 0.717) is 0 Å². The van der Waals surface area contributed by atoms with Crippen LogP contribution < -0.4 is 0 Å². The fraction of sp³-hybridized carbons (Fsp3) is 0.846. The van der Waals surface area contributed by atoms with Gasteiger partial charge in [0.2, 0.25) is 0 Å². The first-order valence-electron chi connectivity index (χ1n) is 6.41. The molecule has 0 bridgehead atoms. The van der Waals surface area contributed by atoms with E-state index in [1.165, 1.54) is 6.92 Å². The van der Waals surface area contributed by atoms with E-state index in [1.54, 1.807) is 9.80 Å². The second-order valence-electron chi connectivity index (χ2n) is 4.97. The van der Waals surface area contributed by atoms with Crippen molar-refractivity contribution in [2.75, 3.05) is 68.5 Å². The van der Waals surface area contributed by atoms with Crippen molar-refractivity contribution in [3.8, 4) is 0 Å². The predicted molar refractivity (Wildman–Crippen MR) is 79.5 cm³/mol. The second kappa shape index (κ2) is 11.9. The van der Waals surface area contributed by atoms with Gasteiger partial charge in [0.05, 0.1) is 0 Å². The van der Waals surface area contributed by atoms with E-state index in [1.807, 2.05) is 14.1 Å². The van der Waals surface area contributed by atoms with Crippen LogP contribution >= 0.6 is 0 Å². The fourth-order valence-corrected chi connectivity index (χ4v) is 1.18. The zero-order valence-electron chi connectivity index (χ0n) is 13.5. The van der Waals surface area contributed by atoms with Crippen LogP contribution in [0.3, 0.4) is 0 Å². The van der Waals surface area contributed by atoms with E-state index in [9.17, 15) is 4.79 Å². The van der Waals surface area contributed by atoms with Gasteiger partial charge in [-0.25, -0.2) is 4.79 Å². The molecular weight excluding hydrogens is 244 g/mol. The van der Waals surface area contributed by atoms with E-state index in [-0.39, 0.29) is 6.03 Å². The number of carbonyl (C=O) groups is 2. The highest BCUT2D eigenvalue weighted by Crippen LogP contribution is 2.00. The third-order valence-electron chi connectivity index (χ3n) is 2.42. The topological polar surface area (TPSA) is 47.1 Å². The second-order valence-corrected chi connectivity index (χ2v) is 4.97. The van der Waals surface area contributed by atoms with Crippen LogP contribution in [0.1, 0.15) is 6.92 Å². The van der Waals surface area contributed by atoms with Crippen LogP contribution in [0.2, 0.25) is 0 Å². The largest absolute Gasteiger partial charge is 0.326 e.